The van der Waals surface area contributed by atoms with Crippen molar-refractivity contribution in [3.63, 3.8) is 0 Å². The molecule has 0 aromatic carbocycles. The van der Waals surface area contributed by atoms with Crippen LogP contribution in [-0.4, -0.2) is 31.7 Å². The maximum Gasteiger partial charge on any atom is 0.307 e. The van der Waals surface area contributed by atoms with E-state index in [2.05, 4.69) is 5.32 Å². The van der Waals surface area contributed by atoms with Crippen molar-refractivity contribution in [1.82, 2.24) is 5.32 Å². The van der Waals surface area contributed by atoms with Gasteiger partial charge in [-0.3, -0.25) is 4.79 Å². The van der Waals surface area contributed by atoms with Crippen molar-refractivity contribution in [3.8, 4) is 0 Å². The van der Waals surface area contributed by atoms with Gasteiger partial charge in [-0.1, -0.05) is 0 Å². The number of hydrogen-bond acceptors (Lipinski definition) is 4. The molecule has 1 aliphatic heterocycles. The first-order valence-corrected chi connectivity index (χ1v) is 5.69. The molecule has 3 atom stereocenters. The van der Waals surface area contributed by atoms with E-state index in [9.17, 15) is 4.79 Å². The largest absolute Gasteiger partial charge is 0.469 e. The highest BCUT2D eigenvalue weighted by molar-refractivity contribution is 5.70. The summed E-state index contributed by atoms with van der Waals surface area (Å²) in [7, 11) is 1.43. The molecule has 2 fully saturated rings. The molecule has 2 aliphatic rings. The zero-order valence-electron chi connectivity index (χ0n) is 9.29. The minimum Gasteiger partial charge on any atom is -0.469 e. The summed E-state index contributed by atoms with van der Waals surface area (Å²) in [6.07, 6.45) is 3.42. The Balaban J connectivity index is 1.95. The van der Waals surface area contributed by atoms with Crippen LogP contribution >= 0.6 is 0 Å². The van der Waals surface area contributed by atoms with Crippen LogP contribution in [0.15, 0.2) is 0 Å². The Morgan fingerprint density at radius 1 is 1.53 bits per heavy atom. The van der Waals surface area contributed by atoms with Crippen LogP contribution in [0.1, 0.15) is 25.7 Å². The fourth-order valence-corrected chi connectivity index (χ4v) is 2.98. The molecular weight excluding hydrogens is 192 g/mol. The highest BCUT2D eigenvalue weighted by atomic mass is 16.5. The van der Waals surface area contributed by atoms with E-state index in [4.69, 9.17) is 10.5 Å². The number of hydrogen-bond donors (Lipinski definition) is 2. The molecule has 2 rings (SSSR count). The van der Waals surface area contributed by atoms with Crippen molar-refractivity contribution < 1.29 is 9.53 Å². The van der Waals surface area contributed by atoms with Crippen molar-refractivity contribution in [1.29, 1.82) is 0 Å². The number of nitrogens with one attached hydrogen (secondary N) is 1. The third kappa shape index (κ3) is 2.32. The smallest absolute Gasteiger partial charge is 0.307 e. The van der Waals surface area contributed by atoms with E-state index < -0.39 is 0 Å². The molecule has 0 amide bonds. The lowest BCUT2D eigenvalue weighted by Crippen LogP contribution is -2.48. The molecule has 3 unspecified atom stereocenters. The first-order valence-electron chi connectivity index (χ1n) is 5.69. The third-order valence-electron chi connectivity index (χ3n) is 3.89. The topological polar surface area (TPSA) is 64.3 Å². The van der Waals surface area contributed by atoms with Crippen LogP contribution in [0, 0.1) is 11.8 Å². The molecule has 1 saturated heterocycles. The average Bonchev–Trinajstić information content (AvgIpc) is 2.63. The lowest BCUT2D eigenvalue weighted by atomic mass is 9.70. The molecule has 4 heteroatoms. The molecule has 0 radical (unpaired) electrons. The van der Waals surface area contributed by atoms with Crippen molar-refractivity contribution >= 4 is 5.97 Å². The number of carbonyl (C=O) groups excluding carboxylic acids is 1. The molecular formula is C11H20N2O2. The van der Waals surface area contributed by atoms with Crippen molar-refractivity contribution in [2.45, 2.75) is 31.2 Å². The van der Waals surface area contributed by atoms with Crippen LogP contribution in [0.25, 0.3) is 0 Å². The molecule has 1 aliphatic carbocycles. The summed E-state index contributed by atoms with van der Waals surface area (Å²) < 4.78 is 4.69. The van der Waals surface area contributed by atoms with Gasteiger partial charge < -0.3 is 15.8 Å². The summed E-state index contributed by atoms with van der Waals surface area (Å²) in [5.41, 5.74) is 5.94. The van der Waals surface area contributed by atoms with Gasteiger partial charge in [0.2, 0.25) is 0 Å². The summed E-state index contributed by atoms with van der Waals surface area (Å²) in [5, 5.41) is 3.40. The molecule has 15 heavy (non-hydrogen) atoms. The van der Waals surface area contributed by atoms with E-state index in [1.54, 1.807) is 0 Å². The van der Waals surface area contributed by atoms with E-state index in [-0.39, 0.29) is 11.5 Å². The molecule has 0 spiro atoms. The Morgan fingerprint density at radius 2 is 2.27 bits per heavy atom. The minimum atomic E-state index is -0.319. The van der Waals surface area contributed by atoms with Gasteiger partial charge in [-0.25, -0.2) is 0 Å². The number of carbonyl (C=O) groups is 1. The quantitative estimate of drug-likeness (QED) is 0.645. The Kier molecular flexibility index (Phi) is 2.98. The fraction of sp³-hybridized carbons (Fsp3) is 0.909. The van der Waals surface area contributed by atoms with E-state index in [0.29, 0.717) is 12.3 Å². The minimum absolute atomic E-state index is 0.179. The molecule has 4 nitrogen and oxygen atoms in total. The van der Waals surface area contributed by atoms with Crippen LogP contribution in [0.5, 0.6) is 0 Å². The molecule has 1 heterocycles. The predicted molar refractivity (Wildman–Crippen MR) is 57.3 cm³/mol. The summed E-state index contributed by atoms with van der Waals surface area (Å²) in [4.78, 5) is 11.3. The van der Waals surface area contributed by atoms with Gasteiger partial charge in [0.15, 0.2) is 0 Å². The van der Waals surface area contributed by atoms with Gasteiger partial charge in [0, 0.05) is 5.54 Å². The van der Waals surface area contributed by atoms with Crippen LogP contribution in [-0.2, 0) is 9.53 Å². The highest BCUT2D eigenvalue weighted by Gasteiger charge is 2.41. The third-order valence-corrected chi connectivity index (χ3v) is 3.89. The summed E-state index contributed by atoms with van der Waals surface area (Å²) >= 11 is 0. The maximum atomic E-state index is 11.3. The molecule has 86 valence electrons. The highest BCUT2D eigenvalue weighted by Crippen LogP contribution is 2.38. The zero-order chi connectivity index (χ0) is 10.9. The van der Waals surface area contributed by atoms with Gasteiger partial charge in [0.1, 0.15) is 0 Å². The van der Waals surface area contributed by atoms with Gasteiger partial charge in [-0.2, -0.15) is 0 Å². The molecule has 1 saturated carbocycles. The molecule has 0 aromatic rings. The number of esters is 1. The lowest BCUT2D eigenvalue weighted by molar-refractivity contribution is -0.142. The second-order valence-corrected chi connectivity index (χ2v) is 5.04. The van der Waals surface area contributed by atoms with E-state index >= 15 is 0 Å². The SMILES string of the molecule is COC(=O)CC1(N)CCC2CNCC2C1. The fourth-order valence-electron chi connectivity index (χ4n) is 2.98. The lowest BCUT2D eigenvalue weighted by Gasteiger charge is -2.38. The Hall–Kier alpha value is -0.610. The van der Waals surface area contributed by atoms with Crippen molar-refractivity contribution in [3.05, 3.63) is 0 Å². The second-order valence-electron chi connectivity index (χ2n) is 5.04. The Morgan fingerprint density at radius 3 is 3.00 bits per heavy atom. The number of nitrogens with two attached hydrogens (primary N) is 1. The number of fused-ring (bicyclic) bond motifs is 1. The maximum absolute atomic E-state index is 11.3. The molecule has 0 aromatic heterocycles. The van der Waals surface area contributed by atoms with Gasteiger partial charge in [-0.05, 0) is 44.2 Å². The van der Waals surface area contributed by atoms with Crippen LogP contribution in [0.2, 0.25) is 0 Å². The van der Waals surface area contributed by atoms with Gasteiger partial charge in [0.05, 0.1) is 13.5 Å². The van der Waals surface area contributed by atoms with Gasteiger partial charge in [0.25, 0.3) is 0 Å². The number of ether oxygens (including phenoxy) is 1. The molecule has 3 N–H and O–H groups in total. The average molecular weight is 212 g/mol. The normalized spacial score (nSPS) is 39.9. The van der Waals surface area contributed by atoms with E-state index in [1.807, 2.05) is 0 Å². The number of rotatable bonds is 2. The van der Waals surface area contributed by atoms with Crippen molar-refractivity contribution in [2.75, 3.05) is 20.2 Å². The summed E-state index contributed by atoms with van der Waals surface area (Å²) in [6, 6.07) is 0. The Labute approximate surface area is 90.5 Å². The number of methoxy groups -OCH3 is 1. The van der Waals surface area contributed by atoms with Crippen LogP contribution in [0.4, 0.5) is 0 Å². The summed E-state index contributed by atoms with van der Waals surface area (Å²) in [5.74, 6) is 1.26. The van der Waals surface area contributed by atoms with Crippen LogP contribution in [0.3, 0.4) is 0 Å². The van der Waals surface area contributed by atoms with Gasteiger partial charge in [-0.15, -0.1) is 0 Å². The van der Waals surface area contributed by atoms with E-state index in [1.165, 1.54) is 7.11 Å². The second kappa shape index (κ2) is 4.10. The predicted octanol–water partition coefficient (Wildman–Crippen LogP) is 0.267. The standard InChI is InChI=1S/C11H20N2O2/c1-15-10(14)5-11(12)3-2-8-6-13-7-9(8)4-11/h8-9,13H,2-7,12H2,1H3. The first-order chi connectivity index (χ1) is 7.13. The van der Waals surface area contributed by atoms with Crippen LogP contribution < -0.4 is 11.1 Å². The summed E-state index contributed by atoms with van der Waals surface area (Å²) in [6.45, 7) is 2.18. The van der Waals surface area contributed by atoms with E-state index in [0.717, 1.165) is 38.3 Å². The Bertz CT molecular complexity index is 257. The van der Waals surface area contributed by atoms with Crippen molar-refractivity contribution in [2.24, 2.45) is 17.6 Å². The zero-order valence-corrected chi connectivity index (χ0v) is 9.29. The van der Waals surface area contributed by atoms with Gasteiger partial charge >= 0.3 is 5.97 Å². The monoisotopic (exact) mass is 212 g/mol. The molecule has 0 bridgehead atoms. The first kappa shape index (κ1) is 10.9.